The van der Waals surface area contributed by atoms with Crippen LogP contribution in [0.15, 0.2) is 59.6 Å². The van der Waals surface area contributed by atoms with Gasteiger partial charge in [-0.05, 0) is 16.7 Å². The van der Waals surface area contributed by atoms with Crippen LogP contribution in [0.5, 0.6) is 0 Å². The molecule has 0 amide bonds. The third kappa shape index (κ3) is 1.39. The molecule has 2 unspecified atom stereocenters. The molecule has 2 aromatic rings. The molecular formula is C17H11ClO. The smallest absolute Gasteiger partial charge is 0.175 e. The van der Waals surface area contributed by atoms with E-state index < -0.39 is 0 Å². The number of halogens is 1. The summed E-state index contributed by atoms with van der Waals surface area (Å²) in [4.78, 5) is 12.7. The summed E-state index contributed by atoms with van der Waals surface area (Å²) in [6.07, 6.45) is 2.03. The molecule has 0 heterocycles. The van der Waals surface area contributed by atoms with Gasteiger partial charge >= 0.3 is 0 Å². The minimum atomic E-state index is -0.322. The van der Waals surface area contributed by atoms with Gasteiger partial charge in [-0.25, -0.2) is 0 Å². The fourth-order valence-electron chi connectivity index (χ4n) is 3.22. The Morgan fingerprint density at radius 2 is 1.47 bits per heavy atom. The van der Waals surface area contributed by atoms with Crippen molar-refractivity contribution in [1.82, 2.24) is 0 Å². The summed E-state index contributed by atoms with van der Waals surface area (Å²) in [5, 5.41) is 0.657. The molecule has 19 heavy (non-hydrogen) atoms. The fraction of sp³-hybridized carbons (Fsp3) is 0.118. The molecule has 1 nitrogen and oxygen atoms in total. The number of hydrogen-bond donors (Lipinski definition) is 0. The summed E-state index contributed by atoms with van der Waals surface area (Å²) in [5.41, 5.74) is 4.13. The summed E-state index contributed by atoms with van der Waals surface area (Å²) in [5.74, 6) is -0.107. The molecule has 0 aliphatic heterocycles. The second-order valence-electron chi connectivity index (χ2n) is 5.04. The van der Waals surface area contributed by atoms with Crippen LogP contribution < -0.4 is 0 Å². The highest BCUT2D eigenvalue weighted by Crippen LogP contribution is 2.48. The number of ketones is 1. The first kappa shape index (κ1) is 11.0. The number of allylic oxidation sites excluding steroid dienone is 2. The second kappa shape index (κ2) is 3.82. The van der Waals surface area contributed by atoms with Gasteiger partial charge in [0.15, 0.2) is 5.78 Å². The SMILES string of the molecule is O=C1c2ccccc2C2C=C(Cl)C1c1ccccc12. The highest BCUT2D eigenvalue weighted by molar-refractivity contribution is 6.33. The van der Waals surface area contributed by atoms with E-state index in [1.807, 2.05) is 48.5 Å². The maximum absolute atomic E-state index is 12.7. The summed E-state index contributed by atoms with van der Waals surface area (Å²) < 4.78 is 0. The van der Waals surface area contributed by atoms with Gasteiger partial charge < -0.3 is 0 Å². The van der Waals surface area contributed by atoms with Crippen molar-refractivity contribution in [3.63, 3.8) is 0 Å². The highest BCUT2D eigenvalue weighted by atomic mass is 35.5. The molecule has 0 spiro atoms. The van der Waals surface area contributed by atoms with E-state index in [4.69, 9.17) is 11.6 Å². The normalized spacial score (nSPS) is 23.4. The van der Waals surface area contributed by atoms with Crippen molar-refractivity contribution in [3.05, 3.63) is 81.9 Å². The summed E-state index contributed by atoms with van der Waals surface area (Å²) in [6, 6.07) is 16.0. The third-order valence-electron chi connectivity index (χ3n) is 4.07. The minimum absolute atomic E-state index is 0.0996. The first-order chi connectivity index (χ1) is 9.27. The standard InChI is InChI=1S/C17H11ClO/c18-15-9-14-10-5-1-3-7-12(10)16(15)17(19)13-8-4-2-6-11(13)14/h1-9,14,16H. The molecule has 2 bridgehead atoms. The van der Waals surface area contributed by atoms with Crippen molar-refractivity contribution in [2.75, 3.05) is 0 Å². The average Bonchev–Trinajstić information content (AvgIpc) is 2.62. The predicted octanol–water partition coefficient (Wildman–Crippen LogP) is 4.23. The van der Waals surface area contributed by atoms with E-state index in [9.17, 15) is 4.79 Å². The zero-order valence-corrected chi connectivity index (χ0v) is 10.9. The Balaban J connectivity index is 2.11. The van der Waals surface area contributed by atoms with Crippen LogP contribution in [0.4, 0.5) is 0 Å². The van der Waals surface area contributed by atoms with Crippen LogP contribution in [0.3, 0.4) is 0 Å². The second-order valence-corrected chi connectivity index (χ2v) is 5.48. The minimum Gasteiger partial charge on any atom is -0.293 e. The van der Waals surface area contributed by atoms with Crippen molar-refractivity contribution in [3.8, 4) is 0 Å². The van der Waals surface area contributed by atoms with Crippen LogP contribution in [0, 0.1) is 0 Å². The Kier molecular flexibility index (Phi) is 2.21. The number of carbonyl (C=O) groups is 1. The number of hydrogen-bond acceptors (Lipinski definition) is 1. The van der Waals surface area contributed by atoms with Crippen LogP contribution in [0.2, 0.25) is 0 Å². The summed E-state index contributed by atoms with van der Waals surface area (Å²) in [6.45, 7) is 0. The van der Waals surface area contributed by atoms with Crippen molar-refractivity contribution >= 4 is 17.4 Å². The number of Topliss-reactive ketones (excluding diaryl/α,β-unsaturated/α-hetero) is 1. The van der Waals surface area contributed by atoms with E-state index in [2.05, 4.69) is 6.07 Å². The van der Waals surface area contributed by atoms with Gasteiger partial charge in [-0.1, -0.05) is 66.2 Å². The lowest BCUT2D eigenvalue weighted by Gasteiger charge is -2.24. The third-order valence-corrected chi connectivity index (χ3v) is 4.41. The van der Waals surface area contributed by atoms with Crippen LogP contribution >= 0.6 is 11.6 Å². The van der Waals surface area contributed by atoms with Crippen molar-refractivity contribution in [2.24, 2.45) is 0 Å². The van der Waals surface area contributed by atoms with Gasteiger partial charge in [0, 0.05) is 16.5 Å². The van der Waals surface area contributed by atoms with E-state index in [1.165, 1.54) is 5.56 Å². The van der Waals surface area contributed by atoms with E-state index in [-0.39, 0.29) is 17.6 Å². The Labute approximate surface area is 116 Å². The van der Waals surface area contributed by atoms with Crippen LogP contribution in [0.25, 0.3) is 0 Å². The Hall–Kier alpha value is -1.86. The van der Waals surface area contributed by atoms with Gasteiger partial charge in [-0.3, -0.25) is 4.79 Å². The van der Waals surface area contributed by atoms with Gasteiger partial charge in [0.1, 0.15) is 0 Å². The van der Waals surface area contributed by atoms with E-state index in [0.29, 0.717) is 5.03 Å². The van der Waals surface area contributed by atoms with Gasteiger partial charge in [0.25, 0.3) is 0 Å². The first-order valence-corrected chi connectivity index (χ1v) is 6.74. The quantitative estimate of drug-likeness (QED) is 0.697. The molecule has 5 rings (SSSR count). The Morgan fingerprint density at radius 3 is 2.26 bits per heavy atom. The van der Waals surface area contributed by atoms with E-state index in [1.54, 1.807) is 0 Å². The molecule has 0 radical (unpaired) electrons. The van der Waals surface area contributed by atoms with E-state index in [0.717, 1.165) is 16.7 Å². The molecular weight excluding hydrogens is 256 g/mol. The number of benzene rings is 2. The molecule has 2 heteroatoms. The fourth-order valence-corrected chi connectivity index (χ4v) is 3.57. The van der Waals surface area contributed by atoms with Crippen LogP contribution in [-0.2, 0) is 0 Å². The molecule has 3 aliphatic rings. The van der Waals surface area contributed by atoms with Gasteiger partial charge in [-0.15, -0.1) is 0 Å². The highest BCUT2D eigenvalue weighted by Gasteiger charge is 2.38. The summed E-state index contributed by atoms with van der Waals surface area (Å²) in [7, 11) is 0. The zero-order chi connectivity index (χ0) is 13.0. The van der Waals surface area contributed by atoms with Crippen molar-refractivity contribution in [2.45, 2.75) is 11.8 Å². The van der Waals surface area contributed by atoms with Crippen molar-refractivity contribution < 1.29 is 4.79 Å². The molecule has 0 saturated carbocycles. The van der Waals surface area contributed by atoms with Gasteiger partial charge in [-0.2, -0.15) is 0 Å². The molecule has 0 saturated heterocycles. The molecule has 0 fully saturated rings. The Morgan fingerprint density at radius 1 is 0.842 bits per heavy atom. The molecule has 0 aromatic heterocycles. The average molecular weight is 267 g/mol. The largest absolute Gasteiger partial charge is 0.293 e. The van der Waals surface area contributed by atoms with E-state index >= 15 is 0 Å². The molecule has 0 N–H and O–H groups in total. The molecule has 2 aromatic carbocycles. The predicted molar refractivity (Wildman–Crippen MR) is 75.7 cm³/mol. The Bertz CT molecular complexity index is 730. The lowest BCUT2D eigenvalue weighted by Crippen LogP contribution is -2.15. The van der Waals surface area contributed by atoms with Crippen molar-refractivity contribution in [1.29, 1.82) is 0 Å². The first-order valence-electron chi connectivity index (χ1n) is 6.36. The monoisotopic (exact) mass is 266 g/mol. The summed E-state index contributed by atoms with van der Waals surface area (Å²) >= 11 is 6.37. The lowest BCUT2D eigenvalue weighted by molar-refractivity contribution is 0.0975. The molecule has 92 valence electrons. The number of carbonyl (C=O) groups excluding carboxylic acids is 1. The lowest BCUT2D eigenvalue weighted by atomic mass is 9.81. The number of rotatable bonds is 0. The van der Waals surface area contributed by atoms with Gasteiger partial charge in [0.2, 0.25) is 0 Å². The zero-order valence-electron chi connectivity index (χ0n) is 10.1. The van der Waals surface area contributed by atoms with Crippen LogP contribution in [0.1, 0.15) is 38.9 Å². The maximum Gasteiger partial charge on any atom is 0.175 e. The molecule has 3 aliphatic carbocycles. The molecule has 2 atom stereocenters. The topological polar surface area (TPSA) is 17.1 Å². The van der Waals surface area contributed by atoms with Crippen LogP contribution in [-0.4, -0.2) is 5.78 Å². The van der Waals surface area contributed by atoms with Gasteiger partial charge in [0.05, 0.1) is 5.92 Å². The maximum atomic E-state index is 12.7.